The molecule has 0 saturated heterocycles. The van der Waals surface area contributed by atoms with Crippen molar-refractivity contribution in [1.29, 1.82) is 0 Å². The number of sulfonamides is 1. The quantitative estimate of drug-likeness (QED) is 0.607. The molecule has 2 rings (SSSR count). The lowest BCUT2D eigenvalue weighted by molar-refractivity contribution is 0.569. The first-order valence-electron chi connectivity index (χ1n) is 8.65. The number of halogens is 2. The summed E-state index contributed by atoms with van der Waals surface area (Å²) in [5.74, 6) is -0.888. The zero-order valence-corrected chi connectivity index (χ0v) is 15.7. The van der Waals surface area contributed by atoms with Gasteiger partial charge in [0, 0.05) is 15.5 Å². The Balaban J connectivity index is 0.00000364. The monoisotopic (exact) mass is 386 g/mol. The van der Waals surface area contributed by atoms with Crippen LogP contribution in [-0.4, -0.2) is 13.7 Å². The van der Waals surface area contributed by atoms with Crippen LogP contribution in [0.1, 0.15) is 41.5 Å². The molecule has 0 fully saturated rings. The van der Waals surface area contributed by atoms with Crippen molar-refractivity contribution < 1.29 is 20.1 Å². The second-order valence-electron chi connectivity index (χ2n) is 6.14. The van der Waals surface area contributed by atoms with Gasteiger partial charge in [0.05, 0.1) is 16.6 Å². The summed E-state index contributed by atoms with van der Waals surface area (Å²) in [6.45, 7) is 4.08. The average molecular weight is 387 g/mol. The van der Waals surface area contributed by atoms with Crippen molar-refractivity contribution in [3.05, 3.63) is 59.7 Å². The van der Waals surface area contributed by atoms with Crippen LogP contribution in [0.4, 0.5) is 20.2 Å². The first-order valence-corrected chi connectivity index (χ1v) is 10.2. The molecular weight excluding hydrogens is 358 g/mol. The predicted molar refractivity (Wildman–Crippen MR) is 106 cm³/mol. The molecule has 0 bridgehead atoms. The summed E-state index contributed by atoms with van der Waals surface area (Å²) in [4.78, 5) is 0. The van der Waals surface area contributed by atoms with Gasteiger partial charge in [-0.25, -0.2) is 17.2 Å². The Bertz CT molecular complexity index is 834. The predicted octanol–water partition coefficient (Wildman–Crippen LogP) is 5.39. The van der Waals surface area contributed by atoms with E-state index in [2.05, 4.69) is 10.0 Å². The smallest absolute Gasteiger partial charge is 0.235 e. The molecule has 0 spiro atoms. The van der Waals surface area contributed by atoms with Gasteiger partial charge >= 0.3 is 0 Å². The summed E-state index contributed by atoms with van der Waals surface area (Å²) in [6.07, 6.45) is 1.83. The number of hydrogen-bond donors (Lipinski definition) is 2. The Kier molecular flexibility index (Phi) is 6.97. The second kappa shape index (κ2) is 8.98. The van der Waals surface area contributed by atoms with Gasteiger partial charge in [-0.05, 0) is 42.7 Å². The van der Waals surface area contributed by atoms with Crippen LogP contribution in [0.2, 0.25) is 0 Å². The fourth-order valence-corrected chi connectivity index (χ4v) is 4.28. The molecule has 0 amide bonds. The van der Waals surface area contributed by atoms with E-state index in [9.17, 15) is 17.2 Å². The van der Waals surface area contributed by atoms with Crippen LogP contribution in [-0.2, 0) is 16.6 Å². The molecular formula is C19H28F2N2O2S. The SMILES string of the molecule is CCCC(CC)S(=O)(=O)Nc1ccc(NCc2ccc(F)cc2)c(F)c1.[HH].[HH]. The molecule has 4 nitrogen and oxygen atoms in total. The van der Waals surface area contributed by atoms with Gasteiger partial charge in [-0.2, -0.15) is 0 Å². The van der Waals surface area contributed by atoms with Gasteiger partial charge in [0.15, 0.2) is 0 Å². The van der Waals surface area contributed by atoms with Crippen molar-refractivity contribution in [1.82, 2.24) is 0 Å². The molecule has 0 aliphatic heterocycles. The summed E-state index contributed by atoms with van der Waals surface area (Å²) >= 11 is 0. The van der Waals surface area contributed by atoms with Crippen LogP contribution in [0.5, 0.6) is 0 Å². The Hall–Kier alpha value is -2.15. The molecule has 26 heavy (non-hydrogen) atoms. The average Bonchev–Trinajstić information content (AvgIpc) is 2.60. The van der Waals surface area contributed by atoms with Crippen LogP contribution >= 0.6 is 0 Å². The molecule has 0 saturated carbocycles. The van der Waals surface area contributed by atoms with E-state index in [0.29, 0.717) is 19.4 Å². The van der Waals surface area contributed by atoms with E-state index in [4.69, 9.17) is 0 Å². The molecule has 0 heterocycles. The van der Waals surface area contributed by atoms with E-state index >= 15 is 0 Å². The number of nitrogens with one attached hydrogen (secondary N) is 2. The first kappa shape index (κ1) is 20.2. The maximum absolute atomic E-state index is 14.3. The van der Waals surface area contributed by atoms with Gasteiger partial charge in [0.2, 0.25) is 10.0 Å². The van der Waals surface area contributed by atoms with Gasteiger partial charge in [0.1, 0.15) is 11.6 Å². The second-order valence-corrected chi connectivity index (χ2v) is 8.10. The number of hydrogen-bond acceptors (Lipinski definition) is 3. The van der Waals surface area contributed by atoms with E-state index in [1.54, 1.807) is 12.1 Å². The molecule has 1 unspecified atom stereocenters. The molecule has 0 aromatic heterocycles. The Morgan fingerprint density at radius 1 is 1.08 bits per heavy atom. The van der Waals surface area contributed by atoms with Gasteiger partial charge in [-0.3, -0.25) is 4.72 Å². The summed E-state index contributed by atoms with van der Waals surface area (Å²) in [5, 5.41) is 2.42. The highest BCUT2D eigenvalue weighted by Gasteiger charge is 2.23. The first-order chi connectivity index (χ1) is 12.4. The van der Waals surface area contributed by atoms with Crippen molar-refractivity contribution >= 4 is 21.4 Å². The van der Waals surface area contributed by atoms with Crippen molar-refractivity contribution in [2.45, 2.75) is 44.9 Å². The summed E-state index contributed by atoms with van der Waals surface area (Å²) in [5.41, 5.74) is 1.25. The van der Waals surface area contributed by atoms with Gasteiger partial charge in [0.25, 0.3) is 0 Å². The minimum Gasteiger partial charge on any atom is -0.379 e. The number of benzene rings is 2. The lowest BCUT2D eigenvalue weighted by Crippen LogP contribution is -2.27. The number of anilines is 2. The third kappa shape index (κ3) is 5.42. The molecule has 0 aliphatic carbocycles. The van der Waals surface area contributed by atoms with Crippen LogP contribution in [0, 0.1) is 11.6 Å². The standard InChI is InChI=1S/C19H24F2N2O2S.2H2/c1-3-5-17(4-2)26(24,25)23-16-10-11-19(18(21)12-16)22-13-14-6-8-15(20)9-7-14;;/h6-12,17,22-23H,3-5,13H2,1-2H3;2*1H. The minimum absolute atomic E-state index is 0. The van der Waals surface area contributed by atoms with E-state index in [-0.39, 0.29) is 20.0 Å². The van der Waals surface area contributed by atoms with Crippen molar-refractivity contribution in [3.63, 3.8) is 0 Å². The third-order valence-electron chi connectivity index (χ3n) is 4.13. The van der Waals surface area contributed by atoms with Gasteiger partial charge < -0.3 is 5.32 Å². The van der Waals surface area contributed by atoms with Crippen molar-refractivity contribution in [3.8, 4) is 0 Å². The maximum atomic E-state index is 14.3. The Labute approximate surface area is 156 Å². The van der Waals surface area contributed by atoms with Crippen LogP contribution in [0.15, 0.2) is 42.5 Å². The maximum Gasteiger partial charge on any atom is 0.235 e. The lowest BCUT2D eigenvalue weighted by atomic mass is 10.2. The van der Waals surface area contributed by atoms with Gasteiger partial charge in [-0.1, -0.05) is 32.4 Å². The summed E-state index contributed by atoms with van der Waals surface area (Å²) in [7, 11) is -3.55. The Morgan fingerprint density at radius 2 is 1.77 bits per heavy atom. The largest absolute Gasteiger partial charge is 0.379 e. The van der Waals surface area contributed by atoms with E-state index in [1.807, 2.05) is 13.8 Å². The summed E-state index contributed by atoms with van der Waals surface area (Å²) in [6, 6.07) is 10.1. The molecule has 0 radical (unpaired) electrons. The highest BCUT2D eigenvalue weighted by Crippen LogP contribution is 2.23. The van der Waals surface area contributed by atoms with E-state index in [1.165, 1.54) is 24.3 Å². The van der Waals surface area contributed by atoms with E-state index in [0.717, 1.165) is 18.1 Å². The Morgan fingerprint density at radius 3 is 2.35 bits per heavy atom. The molecule has 146 valence electrons. The molecule has 1 atom stereocenters. The molecule has 2 aromatic carbocycles. The minimum atomic E-state index is -3.55. The lowest BCUT2D eigenvalue weighted by Gasteiger charge is -2.17. The fourth-order valence-electron chi connectivity index (χ4n) is 2.67. The topological polar surface area (TPSA) is 58.2 Å². The van der Waals surface area contributed by atoms with Crippen LogP contribution < -0.4 is 10.0 Å². The van der Waals surface area contributed by atoms with Crippen LogP contribution in [0.25, 0.3) is 0 Å². The highest BCUT2D eigenvalue weighted by molar-refractivity contribution is 7.93. The molecule has 0 aliphatic rings. The van der Waals surface area contributed by atoms with E-state index < -0.39 is 21.1 Å². The zero-order chi connectivity index (χ0) is 19.2. The van der Waals surface area contributed by atoms with Gasteiger partial charge in [-0.15, -0.1) is 0 Å². The third-order valence-corrected chi connectivity index (χ3v) is 6.10. The van der Waals surface area contributed by atoms with Crippen LogP contribution in [0.3, 0.4) is 0 Å². The highest BCUT2D eigenvalue weighted by atomic mass is 32.2. The summed E-state index contributed by atoms with van der Waals surface area (Å²) < 4.78 is 54.4. The fraction of sp³-hybridized carbons (Fsp3) is 0.368. The number of rotatable bonds is 9. The van der Waals surface area contributed by atoms with Crippen molar-refractivity contribution in [2.24, 2.45) is 0 Å². The normalized spacial score (nSPS) is 12.6. The molecule has 2 N–H and O–H groups in total. The molecule has 2 aromatic rings. The molecule has 7 heteroatoms. The zero-order valence-electron chi connectivity index (χ0n) is 14.9. The van der Waals surface area contributed by atoms with Crippen molar-refractivity contribution in [2.75, 3.05) is 10.0 Å².